The molecule has 3 nitrogen and oxygen atoms in total. The molecule has 1 saturated heterocycles. The predicted octanol–water partition coefficient (Wildman–Crippen LogP) is 1.55. The Hall–Kier alpha value is -0.330. The summed E-state index contributed by atoms with van der Waals surface area (Å²) in [4.78, 5) is 4.11. The molecule has 0 saturated carbocycles. The van der Waals surface area contributed by atoms with Crippen molar-refractivity contribution in [1.82, 2.24) is 15.1 Å². The first-order valence-electron chi connectivity index (χ1n) is 6.42. The first kappa shape index (κ1) is 15.7. The number of rotatable bonds is 5. The van der Waals surface area contributed by atoms with Crippen LogP contribution in [0.1, 0.15) is 20.3 Å². The fraction of sp³-hybridized carbons (Fsp3) is 1.00. The van der Waals surface area contributed by atoms with Gasteiger partial charge in [-0.15, -0.1) is 0 Å². The number of hydrogen-bond donors (Lipinski definition) is 1. The summed E-state index contributed by atoms with van der Waals surface area (Å²) in [5.74, 6) is 0. The number of nitrogens with zero attached hydrogens (tertiary/aromatic N) is 2. The van der Waals surface area contributed by atoms with Gasteiger partial charge in [0.2, 0.25) is 0 Å². The molecule has 1 rings (SSSR count). The van der Waals surface area contributed by atoms with Gasteiger partial charge in [0, 0.05) is 44.8 Å². The van der Waals surface area contributed by atoms with E-state index >= 15 is 0 Å². The molecule has 1 aliphatic rings. The van der Waals surface area contributed by atoms with Gasteiger partial charge in [-0.05, 0) is 20.9 Å². The van der Waals surface area contributed by atoms with Gasteiger partial charge in [-0.25, -0.2) is 0 Å². The second-order valence-corrected chi connectivity index (χ2v) is 5.65. The van der Waals surface area contributed by atoms with Crippen LogP contribution in [-0.2, 0) is 0 Å². The Morgan fingerprint density at radius 2 is 1.72 bits per heavy atom. The van der Waals surface area contributed by atoms with E-state index in [1.807, 2.05) is 0 Å². The zero-order valence-corrected chi connectivity index (χ0v) is 11.5. The second kappa shape index (κ2) is 6.21. The Morgan fingerprint density at radius 3 is 2.22 bits per heavy atom. The standard InChI is InChI=1S/C12H24F3N3/c1-11(2,18-8-5-16-6-9-18)10-17(3)7-4-12(13,14)15/h16H,4-10H2,1-3H3. The highest BCUT2D eigenvalue weighted by Crippen LogP contribution is 2.21. The van der Waals surface area contributed by atoms with Crippen molar-refractivity contribution in [1.29, 1.82) is 0 Å². The lowest BCUT2D eigenvalue weighted by atomic mass is 10.0. The van der Waals surface area contributed by atoms with Gasteiger partial charge >= 0.3 is 6.18 Å². The molecule has 1 N–H and O–H groups in total. The van der Waals surface area contributed by atoms with E-state index in [0.29, 0.717) is 6.54 Å². The van der Waals surface area contributed by atoms with E-state index in [2.05, 4.69) is 24.1 Å². The lowest BCUT2D eigenvalue weighted by molar-refractivity contribution is -0.138. The van der Waals surface area contributed by atoms with Crippen LogP contribution < -0.4 is 5.32 Å². The number of halogens is 3. The van der Waals surface area contributed by atoms with E-state index in [4.69, 9.17) is 0 Å². The predicted molar refractivity (Wildman–Crippen MR) is 66.7 cm³/mol. The monoisotopic (exact) mass is 267 g/mol. The van der Waals surface area contributed by atoms with Gasteiger partial charge in [-0.2, -0.15) is 13.2 Å². The van der Waals surface area contributed by atoms with E-state index in [0.717, 1.165) is 26.2 Å². The number of piperazine rings is 1. The summed E-state index contributed by atoms with van der Waals surface area (Å²) >= 11 is 0. The van der Waals surface area contributed by atoms with Crippen LogP contribution in [0.15, 0.2) is 0 Å². The summed E-state index contributed by atoms with van der Waals surface area (Å²) in [5, 5.41) is 3.28. The molecule has 0 spiro atoms. The summed E-state index contributed by atoms with van der Waals surface area (Å²) in [6.45, 7) is 8.75. The molecule has 0 aromatic carbocycles. The molecule has 0 aromatic heterocycles. The van der Waals surface area contributed by atoms with Crippen LogP contribution >= 0.6 is 0 Å². The molecule has 0 unspecified atom stereocenters. The third-order valence-corrected chi connectivity index (χ3v) is 3.41. The third kappa shape index (κ3) is 5.54. The maximum atomic E-state index is 12.2. The van der Waals surface area contributed by atoms with E-state index in [-0.39, 0.29) is 12.1 Å². The summed E-state index contributed by atoms with van der Waals surface area (Å²) in [6, 6.07) is 0. The molecule has 0 aromatic rings. The van der Waals surface area contributed by atoms with Crippen molar-refractivity contribution in [3.8, 4) is 0 Å². The molecule has 108 valence electrons. The van der Waals surface area contributed by atoms with Crippen LogP contribution in [-0.4, -0.2) is 67.8 Å². The summed E-state index contributed by atoms with van der Waals surface area (Å²) in [5.41, 5.74) is -0.0809. The molecule has 0 atom stereocenters. The van der Waals surface area contributed by atoms with Crippen molar-refractivity contribution in [3.63, 3.8) is 0 Å². The smallest absolute Gasteiger partial charge is 0.314 e. The normalized spacial score (nSPS) is 19.5. The minimum atomic E-state index is -4.06. The number of nitrogens with one attached hydrogen (secondary N) is 1. The third-order valence-electron chi connectivity index (χ3n) is 3.41. The minimum absolute atomic E-state index is 0.0685. The fourth-order valence-electron chi connectivity index (χ4n) is 2.43. The maximum Gasteiger partial charge on any atom is 0.390 e. The SMILES string of the molecule is CN(CCC(F)(F)F)CC(C)(C)N1CCNCC1. The summed E-state index contributed by atoms with van der Waals surface area (Å²) in [6.07, 6.45) is -4.80. The second-order valence-electron chi connectivity index (χ2n) is 5.65. The molecule has 1 aliphatic heterocycles. The van der Waals surface area contributed by atoms with Gasteiger partial charge < -0.3 is 10.2 Å². The average molecular weight is 267 g/mol. The summed E-state index contributed by atoms with van der Waals surface area (Å²) in [7, 11) is 1.76. The Balaban J connectivity index is 2.38. The van der Waals surface area contributed by atoms with Crippen molar-refractivity contribution in [3.05, 3.63) is 0 Å². The van der Waals surface area contributed by atoms with E-state index in [1.54, 1.807) is 11.9 Å². The van der Waals surface area contributed by atoms with E-state index in [1.165, 1.54) is 0 Å². The maximum absolute atomic E-state index is 12.2. The first-order chi connectivity index (χ1) is 8.21. The van der Waals surface area contributed by atoms with Crippen molar-refractivity contribution < 1.29 is 13.2 Å². The molecule has 0 aliphatic carbocycles. The van der Waals surface area contributed by atoms with E-state index < -0.39 is 12.6 Å². The highest BCUT2D eigenvalue weighted by atomic mass is 19.4. The Labute approximate surface area is 107 Å². The molecule has 6 heteroatoms. The van der Waals surface area contributed by atoms with Crippen LogP contribution in [0.2, 0.25) is 0 Å². The zero-order chi connectivity index (χ0) is 13.8. The van der Waals surface area contributed by atoms with Gasteiger partial charge in [-0.1, -0.05) is 0 Å². The number of alkyl halides is 3. The Kier molecular flexibility index (Phi) is 5.43. The number of hydrogen-bond acceptors (Lipinski definition) is 3. The molecular formula is C12H24F3N3. The van der Waals surface area contributed by atoms with Crippen LogP contribution in [0.5, 0.6) is 0 Å². The fourth-order valence-corrected chi connectivity index (χ4v) is 2.43. The van der Waals surface area contributed by atoms with Gasteiger partial charge in [0.25, 0.3) is 0 Å². The van der Waals surface area contributed by atoms with Crippen molar-refractivity contribution in [2.75, 3.05) is 46.3 Å². The van der Waals surface area contributed by atoms with Gasteiger partial charge in [0.05, 0.1) is 6.42 Å². The molecule has 1 fully saturated rings. The van der Waals surface area contributed by atoms with Gasteiger partial charge in [-0.3, -0.25) is 4.90 Å². The van der Waals surface area contributed by atoms with Crippen LogP contribution in [0.4, 0.5) is 13.2 Å². The molecule has 0 bridgehead atoms. The van der Waals surface area contributed by atoms with Crippen molar-refractivity contribution in [2.24, 2.45) is 0 Å². The largest absolute Gasteiger partial charge is 0.390 e. The number of likely N-dealkylation sites (N-methyl/N-ethyl adjacent to an activating group) is 1. The molecule has 0 radical (unpaired) electrons. The van der Waals surface area contributed by atoms with Crippen LogP contribution in [0, 0.1) is 0 Å². The summed E-state index contributed by atoms with van der Waals surface area (Å²) < 4.78 is 36.5. The highest BCUT2D eigenvalue weighted by Gasteiger charge is 2.31. The quantitative estimate of drug-likeness (QED) is 0.815. The zero-order valence-electron chi connectivity index (χ0n) is 11.5. The molecular weight excluding hydrogens is 243 g/mol. The topological polar surface area (TPSA) is 18.5 Å². The van der Waals surface area contributed by atoms with Crippen LogP contribution in [0.25, 0.3) is 0 Å². The molecule has 18 heavy (non-hydrogen) atoms. The molecule has 1 heterocycles. The highest BCUT2D eigenvalue weighted by molar-refractivity contribution is 4.87. The van der Waals surface area contributed by atoms with E-state index in [9.17, 15) is 13.2 Å². The van der Waals surface area contributed by atoms with Crippen molar-refractivity contribution in [2.45, 2.75) is 32.0 Å². The minimum Gasteiger partial charge on any atom is -0.314 e. The van der Waals surface area contributed by atoms with Crippen LogP contribution in [0.3, 0.4) is 0 Å². The van der Waals surface area contributed by atoms with Gasteiger partial charge in [0.1, 0.15) is 0 Å². The lowest BCUT2D eigenvalue weighted by Gasteiger charge is -2.43. The Bertz CT molecular complexity index is 247. The lowest BCUT2D eigenvalue weighted by Crippen LogP contribution is -2.57. The average Bonchev–Trinajstić information content (AvgIpc) is 2.26. The van der Waals surface area contributed by atoms with Gasteiger partial charge in [0.15, 0.2) is 0 Å². The Morgan fingerprint density at radius 1 is 1.17 bits per heavy atom. The first-order valence-corrected chi connectivity index (χ1v) is 6.42. The molecule has 0 amide bonds. The van der Waals surface area contributed by atoms with Crippen molar-refractivity contribution >= 4 is 0 Å².